The molecule has 5 heteroatoms. The Kier molecular flexibility index (Phi) is 4.59. The van der Waals surface area contributed by atoms with Crippen LogP contribution in [0.5, 0.6) is 0 Å². The summed E-state index contributed by atoms with van der Waals surface area (Å²) in [5, 5.41) is 10.8. The van der Waals surface area contributed by atoms with Gasteiger partial charge in [-0.1, -0.05) is 20.8 Å². The maximum atomic E-state index is 6.52. The van der Waals surface area contributed by atoms with E-state index in [4.69, 9.17) is 4.43 Å². The van der Waals surface area contributed by atoms with Crippen molar-refractivity contribution in [1.29, 1.82) is 0 Å². The molecule has 0 aliphatic heterocycles. The number of aromatic nitrogens is 2. The highest BCUT2D eigenvalue weighted by Crippen LogP contribution is 2.39. The number of hydrogen-bond acceptors (Lipinski definition) is 3. The molecular formula is C15H29N3OSi. The van der Waals surface area contributed by atoms with Crippen LogP contribution in [0.2, 0.25) is 18.1 Å². The number of hydrogen-bond donors (Lipinski definition) is 2. The van der Waals surface area contributed by atoms with Crippen molar-refractivity contribution in [3.8, 4) is 0 Å². The van der Waals surface area contributed by atoms with Crippen molar-refractivity contribution in [1.82, 2.24) is 10.2 Å². The molecule has 0 spiro atoms. The standard InChI is InChI=1S/C15H29N3OSi/c1-15(2,3)20(4,5)19-13-8-6-12(7-9-13)17-14-10-11-16-18-14/h10-13H,6-9H2,1-5H3,(H2,16,17,18). The predicted octanol–water partition coefficient (Wildman–Crippen LogP) is 4.15. The second-order valence-corrected chi connectivity index (χ2v) is 12.2. The summed E-state index contributed by atoms with van der Waals surface area (Å²) in [5.74, 6) is 1.03. The highest BCUT2D eigenvalue weighted by atomic mass is 28.4. The van der Waals surface area contributed by atoms with Crippen LogP contribution in [0, 0.1) is 0 Å². The van der Waals surface area contributed by atoms with Crippen LogP contribution in [0.25, 0.3) is 0 Å². The van der Waals surface area contributed by atoms with Gasteiger partial charge in [0.15, 0.2) is 8.32 Å². The van der Waals surface area contributed by atoms with E-state index in [1.807, 2.05) is 6.07 Å². The average Bonchev–Trinajstić information content (AvgIpc) is 2.83. The fourth-order valence-corrected chi connectivity index (χ4v) is 3.90. The zero-order valence-corrected chi connectivity index (χ0v) is 14.5. The molecule has 0 saturated heterocycles. The van der Waals surface area contributed by atoms with Crippen molar-refractivity contribution in [2.24, 2.45) is 0 Å². The summed E-state index contributed by atoms with van der Waals surface area (Å²) in [6, 6.07) is 2.54. The van der Waals surface area contributed by atoms with Gasteiger partial charge in [-0.2, -0.15) is 5.10 Å². The molecule has 4 nitrogen and oxygen atoms in total. The summed E-state index contributed by atoms with van der Waals surface area (Å²) >= 11 is 0. The molecule has 2 rings (SSSR count). The predicted molar refractivity (Wildman–Crippen MR) is 86.5 cm³/mol. The lowest BCUT2D eigenvalue weighted by atomic mass is 9.93. The maximum Gasteiger partial charge on any atom is 0.192 e. The van der Waals surface area contributed by atoms with E-state index in [1.165, 1.54) is 12.8 Å². The minimum Gasteiger partial charge on any atom is -0.414 e. The van der Waals surface area contributed by atoms with Gasteiger partial charge < -0.3 is 9.74 Å². The molecule has 2 N–H and O–H groups in total. The topological polar surface area (TPSA) is 49.9 Å². The van der Waals surface area contributed by atoms with E-state index in [0.717, 1.165) is 18.7 Å². The number of rotatable bonds is 4. The van der Waals surface area contributed by atoms with Gasteiger partial charge in [0.25, 0.3) is 0 Å². The van der Waals surface area contributed by atoms with Gasteiger partial charge in [0.2, 0.25) is 0 Å². The summed E-state index contributed by atoms with van der Waals surface area (Å²) in [5.41, 5.74) is 0. The third kappa shape index (κ3) is 3.85. The second-order valence-electron chi connectivity index (χ2n) is 7.47. The number of nitrogens with zero attached hydrogens (tertiary/aromatic N) is 1. The van der Waals surface area contributed by atoms with Gasteiger partial charge in [0, 0.05) is 12.1 Å². The zero-order valence-electron chi connectivity index (χ0n) is 13.5. The first-order valence-corrected chi connectivity index (χ1v) is 10.6. The van der Waals surface area contributed by atoms with Crippen molar-refractivity contribution in [3.05, 3.63) is 12.3 Å². The lowest BCUT2D eigenvalue weighted by Crippen LogP contribution is -2.45. The van der Waals surface area contributed by atoms with E-state index in [1.54, 1.807) is 6.20 Å². The number of aromatic amines is 1. The van der Waals surface area contributed by atoms with Gasteiger partial charge in [-0.3, -0.25) is 5.10 Å². The molecule has 1 fully saturated rings. The number of anilines is 1. The molecule has 114 valence electrons. The smallest absolute Gasteiger partial charge is 0.192 e. The minimum atomic E-state index is -1.61. The largest absolute Gasteiger partial charge is 0.414 e. The number of nitrogens with one attached hydrogen (secondary N) is 2. The normalized spacial score (nSPS) is 24.6. The monoisotopic (exact) mass is 295 g/mol. The van der Waals surface area contributed by atoms with E-state index in [9.17, 15) is 0 Å². The summed E-state index contributed by atoms with van der Waals surface area (Å²) < 4.78 is 6.52. The Morgan fingerprint density at radius 1 is 1.25 bits per heavy atom. The van der Waals surface area contributed by atoms with E-state index in [2.05, 4.69) is 49.4 Å². The molecule has 1 saturated carbocycles. The van der Waals surface area contributed by atoms with Gasteiger partial charge in [-0.15, -0.1) is 0 Å². The first-order chi connectivity index (χ1) is 9.28. The molecule has 1 aliphatic carbocycles. The molecule has 20 heavy (non-hydrogen) atoms. The SMILES string of the molecule is CC(C)(C)[Si](C)(C)OC1CCC(Nc2ccn[nH]2)CC1. The van der Waals surface area contributed by atoms with Gasteiger partial charge >= 0.3 is 0 Å². The molecule has 0 radical (unpaired) electrons. The Morgan fingerprint density at radius 2 is 1.90 bits per heavy atom. The molecule has 0 amide bonds. The van der Waals surface area contributed by atoms with Gasteiger partial charge in [-0.25, -0.2) is 0 Å². The van der Waals surface area contributed by atoms with E-state index in [0.29, 0.717) is 17.2 Å². The van der Waals surface area contributed by atoms with Crippen LogP contribution in [0.15, 0.2) is 12.3 Å². The maximum absolute atomic E-state index is 6.52. The van der Waals surface area contributed by atoms with Gasteiger partial charge in [0.1, 0.15) is 5.82 Å². The third-order valence-electron chi connectivity index (χ3n) is 4.80. The van der Waals surface area contributed by atoms with Crippen molar-refractivity contribution in [3.63, 3.8) is 0 Å². The highest BCUT2D eigenvalue weighted by Gasteiger charge is 2.39. The molecule has 1 aromatic rings. The quantitative estimate of drug-likeness (QED) is 0.820. The summed E-state index contributed by atoms with van der Waals surface area (Å²) in [7, 11) is -1.61. The van der Waals surface area contributed by atoms with Gasteiger partial charge in [0.05, 0.1) is 6.20 Å². The van der Waals surface area contributed by atoms with Crippen LogP contribution in [-0.2, 0) is 4.43 Å². The van der Waals surface area contributed by atoms with Crippen molar-refractivity contribution in [2.75, 3.05) is 5.32 Å². The minimum absolute atomic E-state index is 0.304. The van der Waals surface area contributed by atoms with E-state index >= 15 is 0 Å². The summed E-state index contributed by atoms with van der Waals surface area (Å²) in [6.45, 7) is 11.6. The van der Waals surface area contributed by atoms with Gasteiger partial charge in [-0.05, 0) is 49.9 Å². The molecule has 1 aromatic heterocycles. The Hall–Kier alpha value is -0.813. The van der Waals surface area contributed by atoms with Crippen molar-refractivity contribution in [2.45, 2.75) is 76.7 Å². The van der Waals surface area contributed by atoms with Crippen LogP contribution < -0.4 is 5.32 Å². The lowest BCUT2D eigenvalue weighted by Gasteiger charge is -2.41. The fraction of sp³-hybridized carbons (Fsp3) is 0.800. The summed E-state index contributed by atoms with van der Waals surface area (Å²) in [6.07, 6.45) is 6.93. The molecular weight excluding hydrogens is 266 g/mol. The lowest BCUT2D eigenvalue weighted by molar-refractivity contribution is 0.133. The zero-order chi connectivity index (χ0) is 14.8. The molecule has 0 aromatic carbocycles. The average molecular weight is 296 g/mol. The third-order valence-corrected chi connectivity index (χ3v) is 9.34. The van der Waals surface area contributed by atoms with Crippen LogP contribution in [0.3, 0.4) is 0 Å². The molecule has 1 heterocycles. The van der Waals surface area contributed by atoms with Crippen LogP contribution >= 0.6 is 0 Å². The fourth-order valence-electron chi connectivity index (χ4n) is 2.47. The first-order valence-electron chi connectivity index (χ1n) is 7.72. The highest BCUT2D eigenvalue weighted by molar-refractivity contribution is 6.74. The Bertz CT molecular complexity index is 403. The Balaban J connectivity index is 1.80. The van der Waals surface area contributed by atoms with Crippen LogP contribution in [-0.4, -0.2) is 30.7 Å². The van der Waals surface area contributed by atoms with E-state index < -0.39 is 8.32 Å². The Morgan fingerprint density at radius 3 is 2.40 bits per heavy atom. The number of H-pyrrole nitrogens is 1. The van der Waals surface area contributed by atoms with Crippen LogP contribution in [0.4, 0.5) is 5.82 Å². The second kappa shape index (κ2) is 5.90. The summed E-state index contributed by atoms with van der Waals surface area (Å²) in [4.78, 5) is 0. The first kappa shape index (κ1) is 15.6. The molecule has 0 atom stereocenters. The Labute approximate surface area is 123 Å². The van der Waals surface area contributed by atoms with Crippen LogP contribution in [0.1, 0.15) is 46.5 Å². The molecule has 0 bridgehead atoms. The molecule has 0 unspecified atom stereocenters. The molecule has 1 aliphatic rings. The van der Waals surface area contributed by atoms with Crippen molar-refractivity contribution >= 4 is 14.1 Å². The van der Waals surface area contributed by atoms with E-state index in [-0.39, 0.29) is 0 Å². The van der Waals surface area contributed by atoms with Crippen molar-refractivity contribution < 1.29 is 4.43 Å².